The lowest BCUT2D eigenvalue weighted by molar-refractivity contribution is -0.138. The van der Waals surface area contributed by atoms with Crippen molar-refractivity contribution in [2.24, 2.45) is 5.73 Å². The van der Waals surface area contributed by atoms with E-state index in [2.05, 4.69) is 30.1 Å². The summed E-state index contributed by atoms with van der Waals surface area (Å²) >= 11 is 0. The van der Waals surface area contributed by atoms with Crippen molar-refractivity contribution < 1.29 is 9.90 Å². The van der Waals surface area contributed by atoms with E-state index in [-0.39, 0.29) is 0 Å². The number of carboxylic acid groups (broad SMARTS) is 1. The van der Waals surface area contributed by atoms with E-state index in [1.807, 2.05) is 18.3 Å². The fourth-order valence-electron chi connectivity index (χ4n) is 2.05. The molecule has 0 unspecified atom stereocenters. The summed E-state index contributed by atoms with van der Waals surface area (Å²) in [6.07, 6.45) is 7.31. The lowest BCUT2D eigenvalue weighted by Gasteiger charge is -2.05. The maximum Gasteiger partial charge on any atom is 0.320 e. The summed E-state index contributed by atoms with van der Waals surface area (Å²) in [7, 11) is 0. The number of aromatic amines is 1. The molecule has 0 aliphatic heterocycles. The van der Waals surface area contributed by atoms with Crippen LogP contribution in [-0.2, 0) is 11.2 Å². The highest BCUT2D eigenvalue weighted by atomic mass is 16.4. The summed E-state index contributed by atoms with van der Waals surface area (Å²) < 4.78 is 0. The molecule has 0 spiro atoms. The molecule has 0 saturated carbocycles. The van der Waals surface area contributed by atoms with Gasteiger partial charge in [0.05, 0.1) is 0 Å². The van der Waals surface area contributed by atoms with Crippen molar-refractivity contribution in [3.8, 4) is 0 Å². The number of nitrogens with one attached hydrogen (secondary N) is 1. The van der Waals surface area contributed by atoms with Crippen LogP contribution in [0.4, 0.5) is 0 Å². The molecule has 0 fully saturated rings. The Morgan fingerprint density at radius 3 is 3.00 bits per heavy atom. The van der Waals surface area contributed by atoms with Gasteiger partial charge in [0.25, 0.3) is 0 Å². The summed E-state index contributed by atoms with van der Waals surface area (Å²) in [6, 6.07) is 5.22. The van der Waals surface area contributed by atoms with E-state index >= 15 is 0 Å². The monoisotopic (exact) mass is 258 g/mol. The molecule has 1 aromatic carbocycles. The molecular formula is C15H18N2O2. The second kappa shape index (κ2) is 5.71. The zero-order chi connectivity index (χ0) is 13.8. The van der Waals surface area contributed by atoms with Gasteiger partial charge in [0.2, 0.25) is 0 Å². The zero-order valence-corrected chi connectivity index (χ0v) is 10.9. The van der Waals surface area contributed by atoms with Gasteiger partial charge in [-0.2, -0.15) is 0 Å². The van der Waals surface area contributed by atoms with Crippen LogP contribution in [0.15, 0.2) is 30.5 Å². The summed E-state index contributed by atoms with van der Waals surface area (Å²) in [5.41, 5.74) is 8.64. The second-order valence-electron chi connectivity index (χ2n) is 4.58. The first-order valence-electron chi connectivity index (χ1n) is 6.36. The maximum absolute atomic E-state index is 10.8. The van der Waals surface area contributed by atoms with Crippen molar-refractivity contribution in [2.75, 3.05) is 0 Å². The normalized spacial score (nSPS) is 13.2. The van der Waals surface area contributed by atoms with E-state index < -0.39 is 12.0 Å². The molecule has 2 rings (SSSR count). The number of hydrogen-bond donors (Lipinski definition) is 3. The maximum atomic E-state index is 10.8. The third-order valence-electron chi connectivity index (χ3n) is 3.09. The number of H-pyrrole nitrogens is 1. The van der Waals surface area contributed by atoms with E-state index in [9.17, 15) is 4.79 Å². The van der Waals surface area contributed by atoms with E-state index in [1.165, 1.54) is 0 Å². The highest BCUT2D eigenvalue weighted by Gasteiger charge is 2.14. The van der Waals surface area contributed by atoms with Crippen molar-refractivity contribution in [3.05, 3.63) is 41.6 Å². The topological polar surface area (TPSA) is 79.1 Å². The molecule has 1 heterocycles. The Morgan fingerprint density at radius 2 is 2.32 bits per heavy atom. The van der Waals surface area contributed by atoms with Crippen LogP contribution in [0.1, 0.15) is 24.5 Å². The molecule has 4 heteroatoms. The fraction of sp³-hybridized carbons (Fsp3) is 0.267. The summed E-state index contributed by atoms with van der Waals surface area (Å²) in [6.45, 7) is 2.09. The predicted octanol–water partition coefficient (Wildman–Crippen LogP) is 2.55. The average Bonchev–Trinajstić information content (AvgIpc) is 2.79. The molecule has 1 atom stereocenters. The van der Waals surface area contributed by atoms with Crippen molar-refractivity contribution in [2.45, 2.75) is 25.8 Å². The van der Waals surface area contributed by atoms with Crippen LogP contribution in [0.5, 0.6) is 0 Å². The van der Waals surface area contributed by atoms with Crippen molar-refractivity contribution in [3.63, 3.8) is 0 Å². The molecule has 19 heavy (non-hydrogen) atoms. The van der Waals surface area contributed by atoms with Crippen molar-refractivity contribution in [1.29, 1.82) is 0 Å². The SMILES string of the molecule is CC/C=C/c1ccc2[nH]cc(C[C@H](N)C(=O)O)c2c1. The standard InChI is InChI=1S/C15H18N2O2/c1-2-3-4-10-5-6-14-12(7-10)11(9-17-14)8-13(16)15(18)19/h3-7,9,13,17H,2,8,16H2,1H3,(H,18,19)/b4-3+/t13-/m0/s1. The largest absolute Gasteiger partial charge is 0.480 e. The zero-order valence-electron chi connectivity index (χ0n) is 10.9. The average molecular weight is 258 g/mol. The molecule has 0 radical (unpaired) electrons. The highest BCUT2D eigenvalue weighted by molar-refractivity contribution is 5.86. The third-order valence-corrected chi connectivity index (χ3v) is 3.09. The molecule has 0 saturated heterocycles. The molecule has 100 valence electrons. The Morgan fingerprint density at radius 1 is 1.53 bits per heavy atom. The highest BCUT2D eigenvalue weighted by Crippen LogP contribution is 2.21. The lowest BCUT2D eigenvalue weighted by atomic mass is 10.0. The van der Waals surface area contributed by atoms with Crippen LogP contribution < -0.4 is 5.73 Å². The quantitative estimate of drug-likeness (QED) is 0.771. The minimum absolute atomic E-state index is 0.330. The molecule has 0 amide bonds. The van der Waals surface area contributed by atoms with Gasteiger partial charge in [-0.05, 0) is 29.7 Å². The van der Waals surface area contributed by atoms with Gasteiger partial charge in [0, 0.05) is 23.5 Å². The van der Waals surface area contributed by atoms with Crippen LogP contribution in [0.3, 0.4) is 0 Å². The summed E-state index contributed by atoms with van der Waals surface area (Å²) in [4.78, 5) is 14.0. The first-order valence-corrected chi connectivity index (χ1v) is 6.36. The number of carbonyl (C=O) groups is 1. The van der Waals surface area contributed by atoms with E-state index in [0.29, 0.717) is 6.42 Å². The van der Waals surface area contributed by atoms with E-state index in [4.69, 9.17) is 10.8 Å². The minimum atomic E-state index is -0.976. The summed E-state index contributed by atoms with van der Waals surface area (Å²) in [5.74, 6) is -0.976. The van der Waals surface area contributed by atoms with Gasteiger partial charge in [-0.25, -0.2) is 0 Å². The van der Waals surface area contributed by atoms with Gasteiger partial charge in [-0.3, -0.25) is 4.79 Å². The molecule has 4 nitrogen and oxygen atoms in total. The Balaban J connectivity index is 2.34. The first kappa shape index (κ1) is 13.4. The molecule has 0 bridgehead atoms. The Hall–Kier alpha value is -2.07. The van der Waals surface area contributed by atoms with Gasteiger partial charge < -0.3 is 15.8 Å². The molecule has 4 N–H and O–H groups in total. The van der Waals surface area contributed by atoms with Crippen LogP contribution in [0.25, 0.3) is 17.0 Å². The van der Waals surface area contributed by atoms with Crippen molar-refractivity contribution in [1.82, 2.24) is 4.98 Å². The van der Waals surface area contributed by atoms with E-state index in [0.717, 1.165) is 28.5 Å². The summed E-state index contributed by atoms with van der Waals surface area (Å²) in [5, 5.41) is 9.91. The first-order chi connectivity index (χ1) is 9.11. The van der Waals surface area contributed by atoms with Crippen LogP contribution >= 0.6 is 0 Å². The van der Waals surface area contributed by atoms with Gasteiger partial charge in [-0.15, -0.1) is 0 Å². The smallest absolute Gasteiger partial charge is 0.320 e. The number of aromatic nitrogens is 1. The minimum Gasteiger partial charge on any atom is -0.480 e. The predicted molar refractivity (Wildman–Crippen MR) is 76.9 cm³/mol. The number of carboxylic acids is 1. The van der Waals surface area contributed by atoms with Crippen LogP contribution in [-0.4, -0.2) is 22.1 Å². The number of allylic oxidation sites excluding steroid dienone is 1. The number of fused-ring (bicyclic) bond motifs is 1. The van der Waals surface area contributed by atoms with Gasteiger partial charge in [-0.1, -0.05) is 25.1 Å². The second-order valence-corrected chi connectivity index (χ2v) is 4.58. The van der Waals surface area contributed by atoms with Crippen LogP contribution in [0, 0.1) is 0 Å². The fourth-order valence-corrected chi connectivity index (χ4v) is 2.05. The number of aliphatic carboxylic acids is 1. The molecule has 1 aromatic heterocycles. The number of nitrogens with two attached hydrogens (primary N) is 1. The van der Waals surface area contributed by atoms with Crippen LogP contribution in [0.2, 0.25) is 0 Å². The van der Waals surface area contributed by atoms with E-state index in [1.54, 1.807) is 0 Å². The molecule has 2 aromatic rings. The third kappa shape index (κ3) is 3.03. The lowest BCUT2D eigenvalue weighted by Crippen LogP contribution is -2.32. The van der Waals surface area contributed by atoms with Gasteiger partial charge in [0.15, 0.2) is 0 Å². The molecular weight excluding hydrogens is 240 g/mol. The Bertz CT molecular complexity index is 614. The number of rotatable bonds is 5. The number of hydrogen-bond acceptors (Lipinski definition) is 2. The Kier molecular flexibility index (Phi) is 4.02. The van der Waals surface area contributed by atoms with Gasteiger partial charge >= 0.3 is 5.97 Å². The van der Waals surface area contributed by atoms with Gasteiger partial charge in [0.1, 0.15) is 6.04 Å². The molecule has 0 aliphatic rings. The molecule has 0 aliphatic carbocycles. The number of benzene rings is 1. The van der Waals surface area contributed by atoms with Crippen molar-refractivity contribution >= 4 is 22.9 Å². The Labute approximate surface area is 111 Å².